The molecule has 0 aliphatic heterocycles. The van der Waals surface area contributed by atoms with E-state index in [1.165, 1.54) is 25.7 Å². The van der Waals surface area contributed by atoms with E-state index in [4.69, 9.17) is 36.1 Å². The number of carboxylic acids is 2. The first-order valence-corrected chi connectivity index (χ1v) is 9.35. The Labute approximate surface area is 164 Å². The Morgan fingerprint density at radius 3 is 2.22 bits per heavy atom. The second-order valence-electron chi connectivity index (χ2n) is 6.77. The summed E-state index contributed by atoms with van der Waals surface area (Å²) in [7, 11) is 0. The van der Waals surface area contributed by atoms with Gasteiger partial charge in [0, 0.05) is 17.6 Å². The maximum Gasteiger partial charge on any atom is 0.414 e. The number of hydrogen-bond donors (Lipinski definition) is 4. The summed E-state index contributed by atoms with van der Waals surface area (Å²) in [5, 5.41) is 28.9. The van der Waals surface area contributed by atoms with Gasteiger partial charge in [0.05, 0.1) is 19.3 Å². The van der Waals surface area contributed by atoms with Gasteiger partial charge in [-0.3, -0.25) is 0 Å². The summed E-state index contributed by atoms with van der Waals surface area (Å²) in [6, 6.07) is 8.14. The summed E-state index contributed by atoms with van der Waals surface area (Å²) in [6.45, 7) is 3.79. The van der Waals surface area contributed by atoms with Crippen molar-refractivity contribution in [3.05, 3.63) is 34.9 Å². The van der Waals surface area contributed by atoms with Crippen molar-refractivity contribution in [1.82, 2.24) is 5.32 Å². The summed E-state index contributed by atoms with van der Waals surface area (Å²) in [6.07, 6.45) is 4.58. The van der Waals surface area contributed by atoms with Gasteiger partial charge >= 0.3 is 11.9 Å². The number of rotatable bonds is 7. The third kappa shape index (κ3) is 10.9. The van der Waals surface area contributed by atoms with E-state index < -0.39 is 18.0 Å². The number of ether oxygens (including phenoxy) is 1. The molecule has 1 saturated carbocycles. The third-order valence-corrected chi connectivity index (χ3v) is 4.59. The number of carbonyl (C=O) groups is 2. The maximum atomic E-state index is 9.95. The Balaban J connectivity index is 0.000000527. The van der Waals surface area contributed by atoms with Crippen LogP contribution in [0.2, 0.25) is 5.02 Å². The average molecular weight is 402 g/mol. The molecular formula is C19H28ClNO6. The lowest BCUT2D eigenvalue weighted by Gasteiger charge is -2.27. The highest BCUT2D eigenvalue weighted by Crippen LogP contribution is 2.23. The van der Waals surface area contributed by atoms with Gasteiger partial charge in [-0.2, -0.15) is 0 Å². The van der Waals surface area contributed by atoms with Crippen molar-refractivity contribution in [2.75, 3.05) is 13.2 Å². The highest BCUT2D eigenvalue weighted by atomic mass is 35.5. The van der Waals surface area contributed by atoms with E-state index in [-0.39, 0.29) is 0 Å². The van der Waals surface area contributed by atoms with Crippen LogP contribution in [0.25, 0.3) is 0 Å². The molecule has 27 heavy (non-hydrogen) atoms. The zero-order valence-electron chi connectivity index (χ0n) is 15.4. The molecule has 7 nitrogen and oxygen atoms in total. The first kappa shape index (κ1) is 23.4. The molecule has 8 heteroatoms. The van der Waals surface area contributed by atoms with Crippen LogP contribution >= 0.6 is 11.6 Å². The Morgan fingerprint density at radius 1 is 1.15 bits per heavy atom. The maximum absolute atomic E-state index is 9.95. The van der Waals surface area contributed by atoms with Gasteiger partial charge in [0.15, 0.2) is 0 Å². The highest BCUT2D eigenvalue weighted by Gasteiger charge is 2.18. The topological polar surface area (TPSA) is 116 Å². The van der Waals surface area contributed by atoms with Gasteiger partial charge in [-0.1, -0.05) is 30.7 Å². The van der Waals surface area contributed by atoms with Crippen molar-refractivity contribution in [2.45, 2.75) is 51.4 Å². The fourth-order valence-electron chi connectivity index (χ4n) is 2.72. The van der Waals surface area contributed by atoms with Crippen LogP contribution < -0.4 is 5.32 Å². The van der Waals surface area contributed by atoms with E-state index in [9.17, 15) is 5.11 Å². The predicted octanol–water partition coefficient (Wildman–Crippen LogP) is 2.54. The van der Waals surface area contributed by atoms with Gasteiger partial charge in [-0.15, -0.1) is 0 Å². The quantitative estimate of drug-likeness (QED) is 0.519. The molecule has 1 aliphatic carbocycles. The Morgan fingerprint density at radius 2 is 1.70 bits per heavy atom. The molecule has 4 N–H and O–H groups in total. The van der Waals surface area contributed by atoms with Crippen LogP contribution in [0.1, 0.15) is 38.2 Å². The third-order valence-electron chi connectivity index (χ3n) is 4.33. The number of carboxylic acid groups (broad SMARTS) is 2. The van der Waals surface area contributed by atoms with Crippen LogP contribution in [-0.2, 0) is 20.9 Å². The predicted molar refractivity (Wildman–Crippen MR) is 102 cm³/mol. The lowest BCUT2D eigenvalue weighted by molar-refractivity contribution is -0.159. The van der Waals surface area contributed by atoms with E-state index in [2.05, 4.69) is 12.2 Å². The zero-order chi connectivity index (χ0) is 20.2. The summed E-state index contributed by atoms with van der Waals surface area (Å²) in [4.78, 5) is 18.2. The smallest absolute Gasteiger partial charge is 0.414 e. The van der Waals surface area contributed by atoms with Crippen molar-refractivity contribution in [3.8, 4) is 0 Å². The molecule has 0 heterocycles. The molecule has 2 rings (SSSR count). The van der Waals surface area contributed by atoms with Crippen molar-refractivity contribution in [2.24, 2.45) is 5.92 Å². The number of aliphatic hydroxyl groups is 1. The van der Waals surface area contributed by atoms with Crippen LogP contribution in [0.3, 0.4) is 0 Å². The fourth-order valence-corrected chi connectivity index (χ4v) is 2.85. The largest absolute Gasteiger partial charge is 0.473 e. The molecule has 1 atom stereocenters. The highest BCUT2D eigenvalue weighted by molar-refractivity contribution is 6.30. The number of hydrogen-bond acceptors (Lipinski definition) is 5. The molecular weight excluding hydrogens is 374 g/mol. The number of nitrogens with one attached hydrogen (secondary N) is 1. The minimum atomic E-state index is -1.82. The Bertz CT molecular complexity index is 560. The van der Waals surface area contributed by atoms with Crippen LogP contribution in [-0.4, -0.2) is 52.6 Å². The van der Waals surface area contributed by atoms with Crippen molar-refractivity contribution in [1.29, 1.82) is 0 Å². The molecule has 152 valence electrons. The fraction of sp³-hybridized carbons (Fsp3) is 0.579. The van der Waals surface area contributed by atoms with Crippen LogP contribution in [0, 0.1) is 5.92 Å². The van der Waals surface area contributed by atoms with Crippen molar-refractivity contribution < 1.29 is 29.6 Å². The number of halogens is 1. The molecule has 1 aromatic carbocycles. The molecule has 0 bridgehead atoms. The second kappa shape index (κ2) is 12.7. The average Bonchev–Trinajstić information content (AvgIpc) is 2.63. The van der Waals surface area contributed by atoms with Crippen LogP contribution in [0.15, 0.2) is 24.3 Å². The number of aliphatic carboxylic acids is 2. The molecule has 0 amide bonds. The lowest BCUT2D eigenvalue weighted by Crippen LogP contribution is -2.39. The molecule has 0 spiro atoms. The van der Waals surface area contributed by atoms with Crippen molar-refractivity contribution in [3.63, 3.8) is 0 Å². The van der Waals surface area contributed by atoms with E-state index >= 15 is 0 Å². The molecule has 0 aromatic heterocycles. The standard InChI is InChI=1S/C17H26ClNO2.C2H2O4/c1-13-2-8-16(9-3-13)19-10-17(20)12-21-11-14-4-6-15(18)7-5-14;3-1(4)2(5)6/h4-7,13,16-17,19-20H,2-3,8-12H2,1H3;(H,3,4)(H,5,6). The number of aliphatic hydroxyl groups excluding tert-OH is 1. The van der Waals surface area contributed by atoms with Crippen LogP contribution in [0.4, 0.5) is 0 Å². The van der Waals surface area contributed by atoms with E-state index in [1.54, 1.807) is 0 Å². The molecule has 0 radical (unpaired) electrons. The first-order chi connectivity index (χ1) is 12.8. The summed E-state index contributed by atoms with van der Waals surface area (Å²) in [5.41, 5.74) is 1.07. The molecule has 1 fully saturated rings. The first-order valence-electron chi connectivity index (χ1n) is 8.97. The van der Waals surface area contributed by atoms with Crippen molar-refractivity contribution >= 4 is 23.5 Å². The summed E-state index contributed by atoms with van der Waals surface area (Å²) < 4.78 is 5.55. The zero-order valence-corrected chi connectivity index (χ0v) is 16.2. The lowest BCUT2D eigenvalue weighted by atomic mass is 9.87. The molecule has 1 aromatic rings. The van der Waals surface area contributed by atoms with Gasteiger partial charge in [-0.05, 0) is 49.3 Å². The minimum absolute atomic E-state index is 0.360. The van der Waals surface area contributed by atoms with Gasteiger partial charge in [-0.25, -0.2) is 9.59 Å². The van der Waals surface area contributed by atoms with E-state index in [0.717, 1.165) is 16.5 Å². The minimum Gasteiger partial charge on any atom is -0.473 e. The second-order valence-corrected chi connectivity index (χ2v) is 7.21. The summed E-state index contributed by atoms with van der Waals surface area (Å²) in [5.74, 6) is -2.79. The van der Waals surface area contributed by atoms with E-state index in [1.807, 2.05) is 24.3 Å². The number of benzene rings is 1. The van der Waals surface area contributed by atoms with E-state index in [0.29, 0.717) is 25.8 Å². The van der Waals surface area contributed by atoms with Gasteiger partial charge in [0.25, 0.3) is 0 Å². The summed E-state index contributed by atoms with van der Waals surface area (Å²) >= 11 is 5.83. The molecule has 1 unspecified atom stereocenters. The Kier molecular flexibility index (Phi) is 11.0. The normalized spacial score (nSPS) is 20.3. The molecule has 0 saturated heterocycles. The van der Waals surface area contributed by atoms with Gasteiger partial charge < -0.3 is 25.4 Å². The van der Waals surface area contributed by atoms with Gasteiger partial charge in [0.2, 0.25) is 0 Å². The monoisotopic (exact) mass is 401 g/mol. The van der Waals surface area contributed by atoms with Gasteiger partial charge in [0.1, 0.15) is 0 Å². The molecule has 1 aliphatic rings. The Hall–Kier alpha value is -1.67. The van der Waals surface area contributed by atoms with Crippen LogP contribution in [0.5, 0.6) is 0 Å². The SMILES string of the molecule is CC1CCC(NCC(O)COCc2ccc(Cl)cc2)CC1.O=C(O)C(=O)O.